The molecule has 1 aliphatic heterocycles. The monoisotopic (exact) mass is 359 g/mol. The van der Waals surface area contributed by atoms with E-state index in [4.69, 9.17) is 9.47 Å². The molecule has 0 spiro atoms. The molecule has 1 heterocycles. The fourth-order valence-corrected chi connectivity index (χ4v) is 3.03. The van der Waals surface area contributed by atoms with Crippen molar-refractivity contribution in [2.24, 2.45) is 5.92 Å². The number of carbonyl (C=O) groups excluding carboxylic acids is 2. The van der Waals surface area contributed by atoms with E-state index in [0.717, 1.165) is 18.4 Å². The van der Waals surface area contributed by atoms with Gasteiger partial charge in [0.2, 0.25) is 0 Å². The maximum Gasteiger partial charge on any atom is 0.410 e. The minimum absolute atomic E-state index is 0.172. The summed E-state index contributed by atoms with van der Waals surface area (Å²) in [5, 5.41) is 0. The SMILES string of the molecule is C=C[C@H](OC(=O)Cc1ccccc1)C1CCN(C(=O)OC(C)(C)C)CC1. The fraction of sp³-hybridized carbons (Fsp3) is 0.524. The molecule has 1 atom stereocenters. The molecule has 26 heavy (non-hydrogen) atoms. The van der Waals surface area contributed by atoms with Gasteiger partial charge in [0.1, 0.15) is 11.7 Å². The van der Waals surface area contributed by atoms with Crippen LogP contribution in [-0.4, -0.2) is 41.8 Å². The fourth-order valence-electron chi connectivity index (χ4n) is 3.03. The summed E-state index contributed by atoms with van der Waals surface area (Å²) >= 11 is 0. The second-order valence-electron chi connectivity index (χ2n) is 7.66. The number of carbonyl (C=O) groups is 2. The molecule has 0 unspecified atom stereocenters. The van der Waals surface area contributed by atoms with Crippen molar-refractivity contribution in [3.63, 3.8) is 0 Å². The van der Waals surface area contributed by atoms with Gasteiger partial charge in [-0.2, -0.15) is 0 Å². The van der Waals surface area contributed by atoms with Gasteiger partial charge in [0, 0.05) is 19.0 Å². The number of benzene rings is 1. The summed E-state index contributed by atoms with van der Waals surface area (Å²) in [5.41, 5.74) is 0.435. The molecule has 0 radical (unpaired) electrons. The molecule has 5 nitrogen and oxygen atoms in total. The Morgan fingerprint density at radius 1 is 1.23 bits per heavy atom. The molecule has 5 heteroatoms. The summed E-state index contributed by atoms with van der Waals surface area (Å²) in [7, 11) is 0. The number of hydrogen-bond acceptors (Lipinski definition) is 4. The summed E-state index contributed by atoms with van der Waals surface area (Å²) in [5.74, 6) is -0.0819. The molecular formula is C21H29NO4. The quantitative estimate of drug-likeness (QED) is 0.589. The number of ether oxygens (including phenoxy) is 2. The molecule has 0 N–H and O–H groups in total. The second-order valence-corrected chi connectivity index (χ2v) is 7.66. The maximum absolute atomic E-state index is 12.2. The Kier molecular flexibility index (Phi) is 6.83. The number of hydrogen-bond donors (Lipinski definition) is 0. The van der Waals surface area contributed by atoms with E-state index in [1.54, 1.807) is 11.0 Å². The topological polar surface area (TPSA) is 55.8 Å². The minimum atomic E-state index is -0.495. The summed E-state index contributed by atoms with van der Waals surface area (Å²) in [6, 6.07) is 9.53. The van der Waals surface area contributed by atoms with Crippen LogP contribution < -0.4 is 0 Å². The van der Waals surface area contributed by atoms with Gasteiger partial charge in [0.25, 0.3) is 0 Å². The van der Waals surface area contributed by atoms with Crippen molar-refractivity contribution >= 4 is 12.1 Å². The first-order valence-corrected chi connectivity index (χ1v) is 9.12. The van der Waals surface area contributed by atoms with Crippen LogP contribution in [0.1, 0.15) is 39.2 Å². The first kappa shape index (κ1) is 20.0. The van der Waals surface area contributed by atoms with Crippen LogP contribution in [0.3, 0.4) is 0 Å². The lowest BCUT2D eigenvalue weighted by molar-refractivity contribution is -0.149. The zero-order chi connectivity index (χ0) is 19.2. The largest absolute Gasteiger partial charge is 0.458 e. The summed E-state index contributed by atoms with van der Waals surface area (Å²) < 4.78 is 11.0. The predicted molar refractivity (Wildman–Crippen MR) is 101 cm³/mol. The number of rotatable bonds is 5. The molecule has 0 bridgehead atoms. The van der Waals surface area contributed by atoms with Crippen LogP contribution in [0.5, 0.6) is 0 Å². The molecule has 1 aromatic rings. The van der Waals surface area contributed by atoms with Crippen molar-refractivity contribution in [1.82, 2.24) is 4.90 Å². The molecule has 142 valence electrons. The highest BCUT2D eigenvalue weighted by molar-refractivity contribution is 5.73. The van der Waals surface area contributed by atoms with Crippen molar-refractivity contribution in [1.29, 1.82) is 0 Å². The van der Waals surface area contributed by atoms with Gasteiger partial charge in [0.05, 0.1) is 6.42 Å². The Morgan fingerprint density at radius 3 is 2.38 bits per heavy atom. The number of piperidine rings is 1. The van der Waals surface area contributed by atoms with Gasteiger partial charge in [-0.3, -0.25) is 4.79 Å². The molecule has 1 saturated heterocycles. The van der Waals surface area contributed by atoms with Gasteiger partial charge in [-0.1, -0.05) is 43.0 Å². The van der Waals surface area contributed by atoms with Crippen LogP contribution in [0.15, 0.2) is 43.0 Å². The number of amides is 1. The van der Waals surface area contributed by atoms with Crippen molar-refractivity contribution in [2.75, 3.05) is 13.1 Å². The van der Waals surface area contributed by atoms with Gasteiger partial charge in [0.15, 0.2) is 0 Å². The Hall–Kier alpha value is -2.30. The number of nitrogens with zero attached hydrogens (tertiary/aromatic N) is 1. The molecule has 1 aliphatic rings. The maximum atomic E-state index is 12.2. The van der Waals surface area contributed by atoms with Crippen LogP contribution in [0, 0.1) is 5.92 Å². The zero-order valence-electron chi connectivity index (χ0n) is 15.9. The average Bonchev–Trinajstić information content (AvgIpc) is 2.59. The highest BCUT2D eigenvalue weighted by atomic mass is 16.6. The molecule has 2 rings (SSSR count). The lowest BCUT2D eigenvalue weighted by atomic mass is 9.91. The van der Waals surface area contributed by atoms with E-state index in [2.05, 4.69) is 6.58 Å². The highest BCUT2D eigenvalue weighted by Gasteiger charge is 2.31. The van der Waals surface area contributed by atoms with Gasteiger partial charge < -0.3 is 14.4 Å². The lowest BCUT2D eigenvalue weighted by Gasteiger charge is -2.35. The van der Waals surface area contributed by atoms with E-state index in [-0.39, 0.29) is 30.5 Å². The normalized spacial score (nSPS) is 16.7. The lowest BCUT2D eigenvalue weighted by Crippen LogP contribution is -2.44. The first-order valence-electron chi connectivity index (χ1n) is 9.12. The Balaban J connectivity index is 1.83. The van der Waals surface area contributed by atoms with E-state index in [1.165, 1.54) is 0 Å². The molecule has 0 aromatic heterocycles. The van der Waals surface area contributed by atoms with Crippen LogP contribution in [0.4, 0.5) is 4.79 Å². The Morgan fingerprint density at radius 2 is 1.85 bits per heavy atom. The van der Waals surface area contributed by atoms with Crippen molar-refractivity contribution in [3.8, 4) is 0 Å². The van der Waals surface area contributed by atoms with Crippen LogP contribution in [0.25, 0.3) is 0 Å². The smallest absolute Gasteiger partial charge is 0.410 e. The summed E-state index contributed by atoms with van der Waals surface area (Å²) in [4.78, 5) is 26.1. The van der Waals surface area contributed by atoms with Crippen molar-refractivity contribution < 1.29 is 19.1 Å². The minimum Gasteiger partial charge on any atom is -0.458 e. The predicted octanol–water partition coefficient (Wildman–Crippen LogP) is 3.97. The standard InChI is InChI=1S/C21H29NO4/c1-5-18(25-19(23)15-16-9-7-6-8-10-16)17-11-13-22(14-12-17)20(24)26-21(2,3)4/h5-10,17-18H,1,11-15H2,2-4H3/t18-/m0/s1. The number of esters is 1. The van der Waals surface area contributed by atoms with E-state index in [0.29, 0.717) is 13.1 Å². The molecule has 0 aliphatic carbocycles. The third-order valence-corrected chi connectivity index (χ3v) is 4.35. The van der Waals surface area contributed by atoms with Gasteiger partial charge >= 0.3 is 12.1 Å². The third-order valence-electron chi connectivity index (χ3n) is 4.35. The van der Waals surface area contributed by atoms with Gasteiger partial charge in [-0.15, -0.1) is 0 Å². The van der Waals surface area contributed by atoms with Crippen LogP contribution in [-0.2, 0) is 20.7 Å². The molecule has 1 aromatic carbocycles. The summed E-state index contributed by atoms with van der Waals surface area (Å²) in [6.45, 7) is 10.6. The van der Waals surface area contributed by atoms with E-state index < -0.39 is 5.60 Å². The van der Waals surface area contributed by atoms with Gasteiger partial charge in [-0.05, 0) is 39.2 Å². The van der Waals surface area contributed by atoms with Crippen LogP contribution >= 0.6 is 0 Å². The number of likely N-dealkylation sites (tertiary alicyclic amines) is 1. The third kappa shape index (κ3) is 6.21. The Labute approximate surface area is 156 Å². The second kappa shape index (κ2) is 8.88. The average molecular weight is 359 g/mol. The van der Waals surface area contributed by atoms with E-state index in [1.807, 2.05) is 51.1 Å². The van der Waals surface area contributed by atoms with Gasteiger partial charge in [-0.25, -0.2) is 4.79 Å². The van der Waals surface area contributed by atoms with E-state index >= 15 is 0 Å². The molecule has 1 fully saturated rings. The molecule has 1 amide bonds. The van der Waals surface area contributed by atoms with Crippen LogP contribution in [0.2, 0.25) is 0 Å². The Bertz CT molecular complexity index is 613. The zero-order valence-corrected chi connectivity index (χ0v) is 15.9. The van der Waals surface area contributed by atoms with Crippen molar-refractivity contribution in [2.45, 2.75) is 51.7 Å². The first-order chi connectivity index (χ1) is 12.3. The summed E-state index contributed by atoms with van der Waals surface area (Å²) in [6.07, 6.45) is 2.85. The molecular weight excluding hydrogens is 330 g/mol. The highest BCUT2D eigenvalue weighted by Crippen LogP contribution is 2.25. The molecule has 0 saturated carbocycles. The van der Waals surface area contributed by atoms with Crippen molar-refractivity contribution in [3.05, 3.63) is 48.6 Å². The van der Waals surface area contributed by atoms with E-state index in [9.17, 15) is 9.59 Å².